The molecule has 0 aromatic heterocycles. The van der Waals surface area contributed by atoms with Crippen molar-refractivity contribution in [3.8, 4) is 0 Å². The average Bonchev–Trinajstić information content (AvgIpc) is 3.16. The number of amides is 1. The van der Waals surface area contributed by atoms with Gasteiger partial charge in [-0.05, 0) is 13.8 Å². The van der Waals surface area contributed by atoms with Crippen LogP contribution in [0, 0.1) is 0 Å². The fourth-order valence-electron chi connectivity index (χ4n) is 4.21. The van der Waals surface area contributed by atoms with E-state index < -0.39 is 79.7 Å². The molecule has 0 aromatic carbocycles. The topological polar surface area (TPSA) is 168 Å². The van der Waals surface area contributed by atoms with E-state index in [0.717, 1.165) is 0 Å². The van der Waals surface area contributed by atoms with Crippen molar-refractivity contribution >= 4 is 5.91 Å². The van der Waals surface area contributed by atoms with Gasteiger partial charge in [-0.25, -0.2) is 0 Å². The van der Waals surface area contributed by atoms with Gasteiger partial charge < -0.3 is 54.1 Å². The number of nitrogens with zero attached hydrogens (tertiary/aromatic N) is 1. The second kappa shape index (κ2) is 8.90. The van der Waals surface area contributed by atoms with Gasteiger partial charge in [-0.2, -0.15) is 0 Å². The zero-order valence-corrected chi connectivity index (χ0v) is 17.3. The summed E-state index contributed by atoms with van der Waals surface area (Å²) in [5.41, 5.74) is 0. The Morgan fingerprint density at radius 1 is 1.13 bits per heavy atom. The molecule has 5 N–H and O–H groups in total. The standard InChI is InChI=1S/C18H31NO11/c1-7(21)19(5-9-11(23)12(24)13(25)16(26-4)27-9)10-14(8(22)6-20)28-17-15(10)29-18(2,3)30-17/h8-17,20,22-25H,5-6H2,1-4H3/t8-,9-,10-,11-,12+,13-,14-,15-,16+,17-/m1/s1. The quantitative estimate of drug-likeness (QED) is 0.285. The minimum Gasteiger partial charge on any atom is -0.394 e. The van der Waals surface area contributed by atoms with E-state index in [9.17, 15) is 30.3 Å². The van der Waals surface area contributed by atoms with Crippen molar-refractivity contribution in [2.75, 3.05) is 20.3 Å². The summed E-state index contributed by atoms with van der Waals surface area (Å²) < 4.78 is 27.9. The van der Waals surface area contributed by atoms with E-state index in [1.165, 1.54) is 18.9 Å². The molecule has 12 nitrogen and oxygen atoms in total. The smallest absolute Gasteiger partial charge is 0.219 e. The maximum absolute atomic E-state index is 12.6. The highest BCUT2D eigenvalue weighted by molar-refractivity contribution is 5.74. The summed E-state index contributed by atoms with van der Waals surface area (Å²) in [7, 11) is 1.27. The number of rotatable bonds is 6. The van der Waals surface area contributed by atoms with Crippen LogP contribution in [0.4, 0.5) is 0 Å². The lowest BCUT2D eigenvalue weighted by atomic mass is 9.96. The normalized spacial score (nSPS) is 44.0. The number of aliphatic hydroxyl groups is 5. The summed E-state index contributed by atoms with van der Waals surface area (Å²) in [6.07, 6.45) is -10.9. The molecular weight excluding hydrogens is 406 g/mol. The molecule has 3 aliphatic rings. The molecule has 0 aromatic rings. The molecule has 0 unspecified atom stereocenters. The number of aliphatic hydroxyl groups excluding tert-OH is 5. The highest BCUT2D eigenvalue weighted by atomic mass is 16.8. The first-order valence-electron chi connectivity index (χ1n) is 9.80. The molecule has 3 saturated heterocycles. The fourth-order valence-corrected chi connectivity index (χ4v) is 4.21. The van der Waals surface area contributed by atoms with Gasteiger partial charge in [0.2, 0.25) is 5.91 Å². The Balaban J connectivity index is 1.87. The molecule has 0 bridgehead atoms. The fraction of sp³-hybridized carbons (Fsp3) is 0.944. The van der Waals surface area contributed by atoms with Crippen LogP contribution < -0.4 is 0 Å². The van der Waals surface area contributed by atoms with Crippen molar-refractivity contribution in [3.63, 3.8) is 0 Å². The van der Waals surface area contributed by atoms with E-state index in [1.54, 1.807) is 13.8 Å². The lowest BCUT2D eigenvalue weighted by Gasteiger charge is -2.43. The summed E-state index contributed by atoms with van der Waals surface area (Å²) in [5.74, 6) is -1.44. The van der Waals surface area contributed by atoms with Gasteiger partial charge in [0.15, 0.2) is 18.4 Å². The van der Waals surface area contributed by atoms with Crippen molar-refractivity contribution in [1.82, 2.24) is 4.90 Å². The molecule has 3 rings (SSSR count). The lowest BCUT2D eigenvalue weighted by molar-refractivity contribution is -0.292. The first kappa shape index (κ1) is 23.7. The van der Waals surface area contributed by atoms with Crippen LogP contribution in [0.1, 0.15) is 20.8 Å². The van der Waals surface area contributed by atoms with Crippen molar-refractivity contribution in [2.45, 2.75) is 87.9 Å². The Hall–Kier alpha value is -0.930. The Labute approximate surface area is 173 Å². The third-order valence-corrected chi connectivity index (χ3v) is 5.66. The second-order valence-corrected chi connectivity index (χ2v) is 8.23. The Bertz CT molecular complexity index is 617. The van der Waals surface area contributed by atoms with Gasteiger partial charge in [0, 0.05) is 14.0 Å². The van der Waals surface area contributed by atoms with Crippen LogP contribution in [0.15, 0.2) is 0 Å². The van der Waals surface area contributed by atoms with Gasteiger partial charge in [-0.15, -0.1) is 0 Å². The first-order valence-corrected chi connectivity index (χ1v) is 9.80. The van der Waals surface area contributed by atoms with Crippen LogP contribution in [0.25, 0.3) is 0 Å². The summed E-state index contributed by atoms with van der Waals surface area (Å²) >= 11 is 0. The Morgan fingerprint density at radius 2 is 1.80 bits per heavy atom. The number of hydrogen-bond acceptors (Lipinski definition) is 11. The lowest BCUT2D eigenvalue weighted by Crippen LogP contribution is -2.63. The van der Waals surface area contributed by atoms with Gasteiger partial charge in [-0.3, -0.25) is 4.79 Å². The largest absolute Gasteiger partial charge is 0.394 e. The maximum atomic E-state index is 12.6. The van der Waals surface area contributed by atoms with Crippen molar-refractivity contribution in [1.29, 1.82) is 0 Å². The van der Waals surface area contributed by atoms with E-state index in [1.807, 2.05) is 0 Å². The van der Waals surface area contributed by atoms with Crippen LogP contribution in [0.3, 0.4) is 0 Å². The molecule has 3 heterocycles. The van der Waals surface area contributed by atoms with E-state index in [4.69, 9.17) is 23.7 Å². The molecule has 0 saturated carbocycles. The van der Waals surface area contributed by atoms with Crippen molar-refractivity contribution in [2.24, 2.45) is 0 Å². The van der Waals surface area contributed by atoms with E-state index in [0.29, 0.717) is 0 Å². The van der Waals surface area contributed by atoms with Crippen LogP contribution in [0.2, 0.25) is 0 Å². The number of hydrogen-bond donors (Lipinski definition) is 5. The summed E-state index contributed by atoms with van der Waals surface area (Å²) in [6.45, 7) is 3.79. The van der Waals surface area contributed by atoms with Crippen molar-refractivity contribution < 1.29 is 54.0 Å². The SMILES string of the molecule is CO[C@H]1O[C@H](CN(C(C)=O)[C@H]2[C@H]3OC(C)(C)O[C@H]3O[C@@H]2[C@H](O)CO)[C@@H](O)[C@H](O)[C@H]1O. The minimum atomic E-state index is -1.56. The predicted molar refractivity (Wildman–Crippen MR) is 96.7 cm³/mol. The van der Waals surface area contributed by atoms with Crippen LogP contribution in [0.5, 0.6) is 0 Å². The van der Waals surface area contributed by atoms with Gasteiger partial charge in [0.05, 0.1) is 19.2 Å². The summed E-state index contributed by atoms with van der Waals surface area (Å²) in [6, 6.07) is -0.878. The molecule has 0 aliphatic carbocycles. The van der Waals surface area contributed by atoms with Gasteiger partial charge >= 0.3 is 0 Å². The highest BCUT2D eigenvalue weighted by Crippen LogP contribution is 2.41. The Kier molecular flexibility index (Phi) is 7.04. The predicted octanol–water partition coefficient (Wildman–Crippen LogP) is -3.11. The molecule has 10 atom stereocenters. The third kappa shape index (κ3) is 4.35. The van der Waals surface area contributed by atoms with E-state index in [-0.39, 0.29) is 6.54 Å². The van der Waals surface area contributed by atoms with Gasteiger partial charge in [-0.1, -0.05) is 0 Å². The number of methoxy groups -OCH3 is 1. The molecule has 174 valence electrons. The molecule has 0 radical (unpaired) electrons. The second-order valence-electron chi connectivity index (χ2n) is 8.23. The monoisotopic (exact) mass is 437 g/mol. The Morgan fingerprint density at radius 3 is 2.37 bits per heavy atom. The minimum absolute atomic E-state index is 0.226. The number of fused-ring (bicyclic) bond motifs is 1. The van der Waals surface area contributed by atoms with Crippen LogP contribution in [-0.2, 0) is 28.5 Å². The van der Waals surface area contributed by atoms with E-state index in [2.05, 4.69) is 0 Å². The zero-order valence-electron chi connectivity index (χ0n) is 17.3. The molecule has 1 amide bonds. The average molecular weight is 437 g/mol. The molecule has 3 aliphatic heterocycles. The number of carbonyl (C=O) groups is 1. The van der Waals surface area contributed by atoms with Crippen molar-refractivity contribution in [3.05, 3.63) is 0 Å². The molecule has 0 spiro atoms. The highest BCUT2D eigenvalue weighted by Gasteiger charge is 2.59. The number of ether oxygens (including phenoxy) is 5. The molecule has 12 heteroatoms. The van der Waals surface area contributed by atoms with Gasteiger partial charge in [0.25, 0.3) is 0 Å². The summed E-state index contributed by atoms with van der Waals surface area (Å²) in [5, 5.41) is 50.2. The van der Waals surface area contributed by atoms with E-state index >= 15 is 0 Å². The van der Waals surface area contributed by atoms with Crippen LogP contribution >= 0.6 is 0 Å². The van der Waals surface area contributed by atoms with Gasteiger partial charge in [0.1, 0.15) is 42.7 Å². The number of carbonyl (C=O) groups excluding carboxylic acids is 1. The maximum Gasteiger partial charge on any atom is 0.219 e. The zero-order chi connectivity index (χ0) is 22.4. The van der Waals surface area contributed by atoms with Crippen LogP contribution in [-0.4, -0.2) is 124 Å². The molecule has 30 heavy (non-hydrogen) atoms. The first-order chi connectivity index (χ1) is 14.0. The molecule has 3 fully saturated rings. The summed E-state index contributed by atoms with van der Waals surface area (Å²) in [4.78, 5) is 13.8. The molecular formula is C18H31NO11. The third-order valence-electron chi connectivity index (χ3n) is 5.66.